The number of aromatic amines is 1. The lowest BCUT2D eigenvalue weighted by molar-refractivity contribution is 0.0995. The molecule has 1 unspecified atom stereocenters. The average Bonchev–Trinajstić information content (AvgIpc) is 3.05. The molecule has 0 radical (unpaired) electrons. The van der Waals surface area contributed by atoms with E-state index in [1.165, 1.54) is 24.4 Å². The highest BCUT2D eigenvalue weighted by atomic mass is 19.1. The van der Waals surface area contributed by atoms with E-state index in [9.17, 15) is 13.6 Å². The lowest BCUT2D eigenvalue weighted by Crippen LogP contribution is -2.36. The normalized spacial score (nSPS) is 17.8. The van der Waals surface area contributed by atoms with Crippen LogP contribution in [0.1, 0.15) is 53.6 Å². The van der Waals surface area contributed by atoms with Crippen LogP contribution in [0.3, 0.4) is 0 Å². The average molecular weight is 334 g/mol. The van der Waals surface area contributed by atoms with Gasteiger partial charge in [0.1, 0.15) is 23.2 Å². The lowest BCUT2D eigenvalue weighted by atomic mass is 9.94. The molecule has 3 N–H and O–H groups in total. The lowest BCUT2D eigenvalue weighted by Gasteiger charge is -2.35. The molecule has 128 valence electrons. The van der Waals surface area contributed by atoms with Crippen LogP contribution in [0, 0.1) is 11.6 Å². The largest absolute Gasteiger partial charge is 0.364 e. The van der Waals surface area contributed by atoms with Crippen molar-refractivity contribution >= 4 is 5.91 Å². The summed E-state index contributed by atoms with van der Waals surface area (Å²) in [6, 6.07) is 3.62. The van der Waals surface area contributed by atoms with Crippen molar-refractivity contribution in [2.75, 3.05) is 13.1 Å². The molecule has 3 rings (SSSR count). The number of nitrogens with one attached hydrogen (secondary N) is 1. The second kappa shape index (κ2) is 6.68. The molecule has 1 aliphatic rings. The molecule has 24 heavy (non-hydrogen) atoms. The van der Waals surface area contributed by atoms with Crippen molar-refractivity contribution in [3.8, 4) is 0 Å². The summed E-state index contributed by atoms with van der Waals surface area (Å²) in [6.45, 7) is 3.22. The Morgan fingerprint density at radius 1 is 1.33 bits per heavy atom. The SMILES string of the molecule is CC(c1c(F)cccc1F)N1CCC(c2ncc(C(N)=O)[nH]2)CC1. The van der Waals surface area contributed by atoms with Crippen LogP contribution in [0.15, 0.2) is 24.4 Å². The van der Waals surface area contributed by atoms with Gasteiger partial charge in [-0.25, -0.2) is 13.8 Å². The van der Waals surface area contributed by atoms with Gasteiger partial charge < -0.3 is 10.7 Å². The van der Waals surface area contributed by atoms with Gasteiger partial charge in [0.05, 0.1) is 6.20 Å². The minimum absolute atomic E-state index is 0.116. The molecule has 0 aliphatic carbocycles. The zero-order valence-electron chi connectivity index (χ0n) is 13.4. The van der Waals surface area contributed by atoms with Crippen molar-refractivity contribution in [1.82, 2.24) is 14.9 Å². The van der Waals surface area contributed by atoms with E-state index in [1.807, 2.05) is 6.92 Å². The molecule has 2 heterocycles. The number of benzene rings is 1. The molecule has 1 aromatic heterocycles. The summed E-state index contributed by atoms with van der Waals surface area (Å²) in [5.41, 5.74) is 5.64. The first kappa shape index (κ1) is 16.6. The van der Waals surface area contributed by atoms with Gasteiger partial charge in [0, 0.05) is 17.5 Å². The van der Waals surface area contributed by atoms with Crippen LogP contribution in [0.2, 0.25) is 0 Å². The van der Waals surface area contributed by atoms with Gasteiger partial charge >= 0.3 is 0 Å². The number of carbonyl (C=O) groups excluding carboxylic acids is 1. The summed E-state index contributed by atoms with van der Waals surface area (Å²) in [4.78, 5) is 20.4. The fourth-order valence-corrected chi connectivity index (χ4v) is 3.32. The molecule has 1 fully saturated rings. The van der Waals surface area contributed by atoms with E-state index in [4.69, 9.17) is 5.73 Å². The molecule has 1 atom stereocenters. The van der Waals surface area contributed by atoms with E-state index in [1.54, 1.807) is 0 Å². The summed E-state index contributed by atoms with van der Waals surface area (Å²) < 4.78 is 27.9. The summed E-state index contributed by atoms with van der Waals surface area (Å²) in [6.07, 6.45) is 3.04. The monoisotopic (exact) mass is 334 g/mol. The van der Waals surface area contributed by atoms with Crippen LogP contribution >= 0.6 is 0 Å². The number of halogens is 2. The quantitative estimate of drug-likeness (QED) is 0.903. The third-order valence-corrected chi connectivity index (χ3v) is 4.74. The number of amides is 1. The summed E-state index contributed by atoms with van der Waals surface area (Å²) >= 11 is 0. The van der Waals surface area contributed by atoms with Crippen molar-refractivity contribution in [2.45, 2.75) is 31.7 Å². The standard InChI is InChI=1S/C17H20F2N4O/c1-10(15-12(18)3-2-4-13(15)19)23-7-5-11(6-8-23)17-21-9-14(22-17)16(20)24/h2-4,9-11H,5-8H2,1H3,(H2,20,24)(H,21,22). The maximum Gasteiger partial charge on any atom is 0.266 e. The molecular formula is C17H20F2N4O. The maximum atomic E-state index is 14.0. The van der Waals surface area contributed by atoms with Gasteiger partial charge in [-0.15, -0.1) is 0 Å². The highest BCUT2D eigenvalue weighted by molar-refractivity contribution is 5.90. The van der Waals surface area contributed by atoms with E-state index in [0.29, 0.717) is 18.8 Å². The first-order chi connectivity index (χ1) is 11.5. The number of hydrogen-bond acceptors (Lipinski definition) is 3. The van der Waals surface area contributed by atoms with Gasteiger partial charge in [-0.2, -0.15) is 0 Å². The molecule has 0 saturated carbocycles. The number of hydrogen-bond donors (Lipinski definition) is 2. The molecule has 1 aromatic carbocycles. The Balaban J connectivity index is 1.67. The number of primary amides is 1. The van der Waals surface area contributed by atoms with E-state index in [0.717, 1.165) is 18.7 Å². The van der Waals surface area contributed by atoms with Gasteiger partial charge in [-0.05, 0) is 45.0 Å². The maximum absolute atomic E-state index is 14.0. The minimum Gasteiger partial charge on any atom is -0.364 e. The number of rotatable bonds is 4. The Morgan fingerprint density at radius 2 is 1.96 bits per heavy atom. The van der Waals surface area contributed by atoms with Crippen LogP contribution in [-0.2, 0) is 0 Å². The molecule has 1 saturated heterocycles. The zero-order chi connectivity index (χ0) is 17.3. The predicted molar refractivity (Wildman–Crippen MR) is 85.4 cm³/mol. The van der Waals surface area contributed by atoms with Gasteiger partial charge in [0.25, 0.3) is 5.91 Å². The van der Waals surface area contributed by atoms with Gasteiger partial charge in [0.2, 0.25) is 0 Å². The van der Waals surface area contributed by atoms with E-state index < -0.39 is 17.5 Å². The number of H-pyrrole nitrogens is 1. The van der Waals surface area contributed by atoms with Crippen LogP contribution in [0.5, 0.6) is 0 Å². The van der Waals surface area contributed by atoms with Crippen molar-refractivity contribution in [3.63, 3.8) is 0 Å². The highest BCUT2D eigenvalue weighted by Crippen LogP contribution is 2.32. The van der Waals surface area contributed by atoms with Crippen molar-refractivity contribution < 1.29 is 13.6 Å². The van der Waals surface area contributed by atoms with Crippen LogP contribution in [-0.4, -0.2) is 33.9 Å². The number of likely N-dealkylation sites (tertiary alicyclic amines) is 1. The number of piperidine rings is 1. The molecule has 0 bridgehead atoms. The molecule has 1 aliphatic heterocycles. The Bertz CT molecular complexity index is 718. The smallest absolute Gasteiger partial charge is 0.266 e. The van der Waals surface area contributed by atoms with Gasteiger partial charge in [0.15, 0.2) is 0 Å². The minimum atomic E-state index is -0.533. The van der Waals surface area contributed by atoms with Crippen LogP contribution in [0.25, 0.3) is 0 Å². The zero-order valence-corrected chi connectivity index (χ0v) is 13.4. The second-order valence-electron chi connectivity index (χ2n) is 6.17. The molecular weight excluding hydrogens is 314 g/mol. The topological polar surface area (TPSA) is 75.0 Å². The van der Waals surface area contributed by atoms with Gasteiger partial charge in [-0.1, -0.05) is 6.07 Å². The molecule has 2 aromatic rings. The number of nitrogens with zero attached hydrogens (tertiary/aromatic N) is 2. The predicted octanol–water partition coefficient (Wildman–Crippen LogP) is 2.73. The van der Waals surface area contributed by atoms with Crippen molar-refractivity contribution in [1.29, 1.82) is 0 Å². The first-order valence-corrected chi connectivity index (χ1v) is 8.00. The van der Waals surface area contributed by atoms with Gasteiger partial charge in [-0.3, -0.25) is 9.69 Å². The summed E-state index contributed by atoms with van der Waals surface area (Å²) in [5, 5.41) is 0. The molecule has 1 amide bonds. The van der Waals surface area contributed by atoms with E-state index >= 15 is 0 Å². The van der Waals surface area contributed by atoms with E-state index in [-0.39, 0.29) is 17.5 Å². The first-order valence-electron chi connectivity index (χ1n) is 8.00. The number of imidazole rings is 1. The number of nitrogens with two attached hydrogens (primary N) is 1. The number of aromatic nitrogens is 2. The molecule has 5 nitrogen and oxygen atoms in total. The highest BCUT2D eigenvalue weighted by Gasteiger charge is 2.28. The molecule has 7 heteroatoms. The van der Waals surface area contributed by atoms with Crippen LogP contribution in [0.4, 0.5) is 8.78 Å². The third-order valence-electron chi connectivity index (χ3n) is 4.74. The fraction of sp³-hybridized carbons (Fsp3) is 0.412. The van der Waals surface area contributed by atoms with E-state index in [2.05, 4.69) is 14.9 Å². The van der Waals surface area contributed by atoms with Crippen molar-refractivity contribution in [2.24, 2.45) is 5.73 Å². The van der Waals surface area contributed by atoms with Crippen LogP contribution < -0.4 is 5.73 Å². The summed E-state index contributed by atoms with van der Waals surface area (Å²) in [7, 11) is 0. The molecule has 0 spiro atoms. The summed E-state index contributed by atoms with van der Waals surface area (Å²) in [5.74, 6) is -0.626. The third kappa shape index (κ3) is 3.17. The Labute approximate surface area is 138 Å². The second-order valence-corrected chi connectivity index (χ2v) is 6.17. The fourth-order valence-electron chi connectivity index (χ4n) is 3.32. The Hall–Kier alpha value is -2.28. The Morgan fingerprint density at radius 3 is 2.50 bits per heavy atom. The van der Waals surface area contributed by atoms with Crippen molar-refractivity contribution in [3.05, 3.63) is 53.1 Å². The number of carbonyl (C=O) groups is 1. The Kier molecular flexibility index (Phi) is 4.62.